The topological polar surface area (TPSA) is 96.4 Å². The maximum atomic E-state index is 11.8. The first-order chi connectivity index (χ1) is 15.2. The van der Waals surface area contributed by atoms with E-state index in [4.69, 9.17) is 4.98 Å². The Hall–Kier alpha value is -3.30. The Bertz CT molecular complexity index is 1350. The van der Waals surface area contributed by atoms with Crippen molar-refractivity contribution in [2.24, 2.45) is 0 Å². The van der Waals surface area contributed by atoms with Crippen molar-refractivity contribution in [2.75, 3.05) is 5.32 Å². The smallest absolute Gasteiger partial charge is 0.198 e. The van der Waals surface area contributed by atoms with E-state index < -0.39 is 0 Å². The first-order valence-electron chi connectivity index (χ1n) is 9.79. The van der Waals surface area contributed by atoms with Crippen LogP contribution in [0.25, 0.3) is 21.3 Å². The van der Waals surface area contributed by atoms with Crippen molar-refractivity contribution in [1.29, 1.82) is 0 Å². The summed E-state index contributed by atoms with van der Waals surface area (Å²) in [4.78, 5) is 33.4. The normalized spacial score (nSPS) is 11.3. The number of anilines is 1. The van der Waals surface area contributed by atoms with Crippen molar-refractivity contribution in [3.63, 3.8) is 0 Å². The van der Waals surface area contributed by atoms with Gasteiger partial charge in [-0.2, -0.15) is 0 Å². The highest BCUT2D eigenvalue weighted by Crippen LogP contribution is 2.35. The summed E-state index contributed by atoms with van der Waals surface area (Å²) >= 11 is 3.03. The van der Waals surface area contributed by atoms with E-state index in [1.165, 1.54) is 11.8 Å². The number of hydrogen-bond acceptors (Lipinski definition) is 8. The number of nitrogens with zero attached hydrogens (tertiary/aromatic N) is 4. The standard InChI is InChI=1S/C22H18N6OS2/c1-2-15-14(12-29)18-19(24-11-13-6-5-9-23-10-13)27-21(28-20(18)25-15)31-22-26-16-7-3-4-8-17(16)30-22/h3-10,12H,2,11H2,1H3,(H2,24,25,27,28). The summed E-state index contributed by atoms with van der Waals surface area (Å²) in [6, 6.07) is 11.9. The van der Waals surface area contributed by atoms with Gasteiger partial charge in [0.05, 0.1) is 15.6 Å². The summed E-state index contributed by atoms with van der Waals surface area (Å²) in [6.45, 7) is 2.54. The highest BCUT2D eigenvalue weighted by atomic mass is 32.2. The lowest BCUT2D eigenvalue weighted by Crippen LogP contribution is -2.04. The van der Waals surface area contributed by atoms with E-state index in [1.54, 1.807) is 23.7 Å². The van der Waals surface area contributed by atoms with Gasteiger partial charge in [0.25, 0.3) is 0 Å². The number of aldehydes is 1. The van der Waals surface area contributed by atoms with Crippen LogP contribution in [0.2, 0.25) is 0 Å². The number of benzene rings is 1. The van der Waals surface area contributed by atoms with Crippen LogP contribution in [0.4, 0.5) is 5.82 Å². The molecule has 4 heterocycles. The molecule has 0 saturated heterocycles. The second-order valence-corrected chi connectivity index (χ2v) is 9.08. The van der Waals surface area contributed by atoms with Crippen LogP contribution in [0, 0.1) is 0 Å². The molecule has 4 aromatic heterocycles. The average molecular weight is 447 g/mol. The number of aromatic nitrogens is 5. The number of fused-ring (bicyclic) bond motifs is 2. The van der Waals surface area contributed by atoms with Crippen molar-refractivity contribution in [1.82, 2.24) is 24.9 Å². The van der Waals surface area contributed by atoms with Crippen molar-refractivity contribution in [2.45, 2.75) is 29.4 Å². The minimum Gasteiger partial charge on any atom is -0.365 e. The fraction of sp³-hybridized carbons (Fsp3) is 0.136. The third-order valence-corrected chi connectivity index (χ3v) is 6.82. The van der Waals surface area contributed by atoms with Crippen LogP contribution in [0.3, 0.4) is 0 Å². The number of rotatable bonds is 7. The Kier molecular flexibility index (Phi) is 5.35. The van der Waals surface area contributed by atoms with Gasteiger partial charge in [-0.1, -0.05) is 25.1 Å². The number of H-pyrrole nitrogens is 1. The van der Waals surface area contributed by atoms with Gasteiger partial charge in [-0.05, 0) is 41.9 Å². The van der Waals surface area contributed by atoms with Gasteiger partial charge < -0.3 is 10.3 Å². The summed E-state index contributed by atoms with van der Waals surface area (Å²) in [6.07, 6.45) is 5.12. The molecule has 0 saturated carbocycles. The second kappa shape index (κ2) is 8.44. The Morgan fingerprint density at radius 2 is 2.06 bits per heavy atom. The molecule has 5 aromatic rings. The van der Waals surface area contributed by atoms with Gasteiger partial charge in [0.15, 0.2) is 15.8 Å². The molecular weight excluding hydrogens is 428 g/mol. The minimum atomic E-state index is 0.538. The number of aryl methyl sites for hydroxylation is 1. The van der Waals surface area contributed by atoms with E-state index in [1.807, 2.05) is 37.3 Å². The molecule has 2 N–H and O–H groups in total. The number of hydrogen-bond donors (Lipinski definition) is 2. The number of pyridine rings is 1. The zero-order valence-electron chi connectivity index (χ0n) is 16.6. The maximum absolute atomic E-state index is 11.8. The number of aromatic amines is 1. The molecule has 0 fully saturated rings. The van der Waals surface area contributed by atoms with Gasteiger partial charge in [-0.15, -0.1) is 11.3 Å². The number of para-hydroxylation sites is 1. The molecule has 0 aliphatic heterocycles. The molecule has 0 radical (unpaired) electrons. The van der Waals surface area contributed by atoms with Gasteiger partial charge >= 0.3 is 0 Å². The van der Waals surface area contributed by atoms with Gasteiger partial charge in [-0.3, -0.25) is 9.78 Å². The SMILES string of the molecule is CCc1[nH]c2nc(Sc3nc4ccccc4s3)nc(NCc3cccnc3)c2c1C=O. The summed E-state index contributed by atoms with van der Waals surface area (Å²) in [7, 11) is 0. The van der Waals surface area contributed by atoms with Gasteiger partial charge in [0.1, 0.15) is 11.5 Å². The fourth-order valence-corrected chi connectivity index (χ4v) is 5.32. The van der Waals surface area contributed by atoms with Gasteiger partial charge in [0, 0.05) is 30.2 Å². The zero-order chi connectivity index (χ0) is 21.2. The molecule has 0 unspecified atom stereocenters. The molecule has 5 rings (SSSR count). The van der Waals surface area contributed by atoms with Crippen LogP contribution in [0.5, 0.6) is 0 Å². The maximum Gasteiger partial charge on any atom is 0.198 e. The van der Waals surface area contributed by atoms with E-state index in [-0.39, 0.29) is 0 Å². The highest BCUT2D eigenvalue weighted by molar-refractivity contribution is 8.01. The van der Waals surface area contributed by atoms with Crippen LogP contribution in [0.1, 0.15) is 28.5 Å². The predicted molar refractivity (Wildman–Crippen MR) is 124 cm³/mol. The quantitative estimate of drug-likeness (QED) is 0.265. The summed E-state index contributed by atoms with van der Waals surface area (Å²) in [5.41, 5.74) is 4.08. The van der Waals surface area contributed by atoms with Crippen molar-refractivity contribution in [3.8, 4) is 0 Å². The van der Waals surface area contributed by atoms with E-state index in [0.29, 0.717) is 40.5 Å². The fourth-order valence-electron chi connectivity index (χ4n) is 3.39. The summed E-state index contributed by atoms with van der Waals surface area (Å²) < 4.78 is 1.99. The van der Waals surface area contributed by atoms with Crippen molar-refractivity contribution < 1.29 is 4.79 Å². The van der Waals surface area contributed by atoms with E-state index in [0.717, 1.165) is 32.1 Å². The first-order valence-corrected chi connectivity index (χ1v) is 11.4. The molecular formula is C22H18N6OS2. The number of carbonyl (C=O) groups excluding carboxylic acids is 1. The largest absolute Gasteiger partial charge is 0.365 e. The van der Waals surface area contributed by atoms with Crippen LogP contribution >= 0.6 is 23.1 Å². The molecule has 7 nitrogen and oxygen atoms in total. The van der Waals surface area contributed by atoms with E-state index in [9.17, 15) is 4.79 Å². The molecule has 0 aliphatic rings. The number of nitrogens with one attached hydrogen (secondary N) is 2. The first kappa shape index (κ1) is 19.7. The van der Waals surface area contributed by atoms with E-state index >= 15 is 0 Å². The lowest BCUT2D eigenvalue weighted by Gasteiger charge is -2.09. The molecule has 0 atom stereocenters. The third-order valence-electron chi connectivity index (χ3n) is 4.86. The Labute approximate surface area is 186 Å². The molecule has 0 amide bonds. The van der Waals surface area contributed by atoms with Gasteiger partial charge in [-0.25, -0.2) is 15.0 Å². The zero-order valence-corrected chi connectivity index (χ0v) is 18.3. The Balaban J connectivity index is 1.56. The van der Waals surface area contributed by atoms with Gasteiger partial charge in [0.2, 0.25) is 0 Å². The van der Waals surface area contributed by atoms with Crippen LogP contribution < -0.4 is 5.32 Å². The lowest BCUT2D eigenvalue weighted by molar-refractivity contribution is 0.112. The predicted octanol–water partition coefficient (Wildman–Crippen LogP) is 5.10. The second-order valence-electron chi connectivity index (χ2n) is 6.83. The monoisotopic (exact) mass is 446 g/mol. The Morgan fingerprint density at radius 3 is 2.84 bits per heavy atom. The van der Waals surface area contributed by atoms with Crippen LogP contribution in [0.15, 0.2) is 58.3 Å². The molecule has 0 spiro atoms. The third kappa shape index (κ3) is 3.89. The van der Waals surface area contributed by atoms with Crippen molar-refractivity contribution >= 4 is 56.5 Å². The molecule has 1 aromatic carbocycles. The summed E-state index contributed by atoms with van der Waals surface area (Å²) in [5, 5.41) is 4.65. The molecule has 154 valence electrons. The van der Waals surface area contributed by atoms with Crippen LogP contribution in [-0.4, -0.2) is 31.2 Å². The lowest BCUT2D eigenvalue weighted by atomic mass is 10.1. The average Bonchev–Trinajstić information content (AvgIpc) is 3.38. The minimum absolute atomic E-state index is 0.538. The number of carbonyl (C=O) groups is 1. The molecule has 0 bridgehead atoms. The highest BCUT2D eigenvalue weighted by Gasteiger charge is 2.19. The van der Waals surface area contributed by atoms with E-state index in [2.05, 4.69) is 31.3 Å². The van der Waals surface area contributed by atoms with Crippen LogP contribution in [-0.2, 0) is 13.0 Å². The molecule has 31 heavy (non-hydrogen) atoms. The Morgan fingerprint density at radius 1 is 1.16 bits per heavy atom. The molecule has 0 aliphatic carbocycles. The van der Waals surface area contributed by atoms with Crippen molar-refractivity contribution in [3.05, 3.63) is 65.6 Å². The summed E-state index contributed by atoms with van der Waals surface area (Å²) in [5.74, 6) is 0.621. The molecule has 9 heteroatoms. The number of thiazole rings is 1.